The molecule has 1 saturated carbocycles. The van der Waals surface area contributed by atoms with Crippen LogP contribution in [0.15, 0.2) is 47.2 Å². The highest BCUT2D eigenvalue weighted by molar-refractivity contribution is 5.54. The zero-order valence-electron chi connectivity index (χ0n) is 12.6. The lowest BCUT2D eigenvalue weighted by molar-refractivity contribution is 0.141. The van der Waals surface area contributed by atoms with Crippen molar-refractivity contribution >= 4 is 0 Å². The smallest absolute Gasteiger partial charge is 0.0548 e. The van der Waals surface area contributed by atoms with Gasteiger partial charge < -0.3 is 10.4 Å². The zero-order chi connectivity index (χ0) is 14.4. The molecular weight excluding hydrogens is 260 g/mol. The van der Waals surface area contributed by atoms with E-state index in [-0.39, 0.29) is 12.5 Å². The van der Waals surface area contributed by atoms with Crippen molar-refractivity contribution in [3.63, 3.8) is 0 Å². The van der Waals surface area contributed by atoms with Crippen LogP contribution < -0.4 is 5.32 Å². The van der Waals surface area contributed by atoms with Gasteiger partial charge in [-0.05, 0) is 42.3 Å². The molecule has 2 heterocycles. The Kier molecular flexibility index (Phi) is 3.27. The minimum atomic E-state index is 0.259. The van der Waals surface area contributed by atoms with Crippen molar-refractivity contribution in [2.24, 2.45) is 11.8 Å². The topological polar surface area (TPSA) is 35.5 Å². The third-order valence-corrected chi connectivity index (χ3v) is 5.34. The molecule has 3 heteroatoms. The van der Waals surface area contributed by atoms with E-state index in [4.69, 9.17) is 0 Å². The zero-order valence-corrected chi connectivity index (χ0v) is 12.6. The van der Waals surface area contributed by atoms with E-state index >= 15 is 0 Å². The number of nitrogens with zero attached hydrogens (tertiary/aromatic N) is 1. The second-order valence-electron chi connectivity index (χ2n) is 6.68. The van der Waals surface area contributed by atoms with Crippen molar-refractivity contribution in [1.82, 2.24) is 10.2 Å². The normalized spacial score (nSPS) is 37.1. The minimum Gasteiger partial charge on any atom is -0.396 e. The van der Waals surface area contributed by atoms with Crippen molar-refractivity contribution in [2.45, 2.75) is 31.8 Å². The number of hydrogen-bond acceptors (Lipinski definition) is 3. The van der Waals surface area contributed by atoms with Gasteiger partial charge in [-0.15, -0.1) is 0 Å². The Labute approximate surface area is 126 Å². The van der Waals surface area contributed by atoms with Gasteiger partial charge in [0.15, 0.2) is 0 Å². The Hall–Kier alpha value is -1.32. The molecule has 0 saturated heterocycles. The third kappa shape index (κ3) is 2.02. The third-order valence-electron chi connectivity index (χ3n) is 5.34. The van der Waals surface area contributed by atoms with E-state index in [0.29, 0.717) is 18.0 Å². The van der Waals surface area contributed by atoms with Crippen LogP contribution in [0.3, 0.4) is 0 Å². The molecule has 2 N–H and O–H groups in total. The molecule has 21 heavy (non-hydrogen) atoms. The Morgan fingerprint density at radius 3 is 3.10 bits per heavy atom. The van der Waals surface area contributed by atoms with Crippen LogP contribution >= 0.6 is 0 Å². The maximum absolute atomic E-state index is 9.65. The molecule has 0 bridgehead atoms. The number of rotatable bonds is 3. The van der Waals surface area contributed by atoms with E-state index in [9.17, 15) is 5.11 Å². The molecule has 2 unspecified atom stereocenters. The van der Waals surface area contributed by atoms with E-state index in [1.54, 1.807) is 5.57 Å². The van der Waals surface area contributed by atoms with Crippen LogP contribution in [0.25, 0.3) is 0 Å². The highest BCUT2D eigenvalue weighted by Crippen LogP contribution is 2.47. The Balaban J connectivity index is 1.76. The van der Waals surface area contributed by atoms with Gasteiger partial charge in [-0.25, -0.2) is 0 Å². The molecule has 112 valence electrons. The molecule has 4 atom stereocenters. The van der Waals surface area contributed by atoms with E-state index in [0.717, 1.165) is 19.5 Å². The molecule has 0 amide bonds. The van der Waals surface area contributed by atoms with Crippen LogP contribution in [0.4, 0.5) is 0 Å². The molecule has 0 aromatic heterocycles. The van der Waals surface area contributed by atoms with Crippen LogP contribution in [0.2, 0.25) is 0 Å². The largest absolute Gasteiger partial charge is 0.396 e. The highest BCUT2D eigenvalue weighted by atomic mass is 16.3. The summed E-state index contributed by atoms with van der Waals surface area (Å²) in [5, 5.41) is 13.2. The average molecular weight is 284 g/mol. The van der Waals surface area contributed by atoms with Gasteiger partial charge in [0, 0.05) is 24.4 Å². The number of allylic oxidation sites excluding steroid dienone is 2. The predicted octanol–water partition coefficient (Wildman–Crippen LogP) is 1.99. The summed E-state index contributed by atoms with van der Waals surface area (Å²) in [6.07, 6.45) is 13.7. The molecule has 4 aliphatic rings. The Morgan fingerprint density at radius 1 is 1.38 bits per heavy atom. The molecule has 0 radical (unpaired) electrons. The molecule has 0 spiro atoms. The quantitative estimate of drug-likeness (QED) is 0.832. The number of fused-ring (bicyclic) bond motifs is 2. The average Bonchev–Trinajstić information content (AvgIpc) is 2.93. The second-order valence-corrected chi connectivity index (χ2v) is 6.68. The van der Waals surface area contributed by atoms with E-state index in [2.05, 4.69) is 47.6 Å². The van der Waals surface area contributed by atoms with Gasteiger partial charge in [-0.2, -0.15) is 0 Å². The van der Waals surface area contributed by atoms with Gasteiger partial charge in [0.1, 0.15) is 0 Å². The van der Waals surface area contributed by atoms with Gasteiger partial charge >= 0.3 is 0 Å². The Morgan fingerprint density at radius 2 is 2.29 bits per heavy atom. The van der Waals surface area contributed by atoms with Gasteiger partial charge in [0.2, 0.25) is 0 Å². The monoisotopic (exact) mass is 284 g/mol. The summed E-state index contributed by atoms with van der Waals surface area (Å²) >= 11 is 0. The van der Waals surface area contributed by atoms with E-state index < -0.39 is 0 Å². The van der Waals surface area contributed by atoms with Gasteiger partial charge in [-0.1, -0.05) is 31.2 Å². The summed E-state index contributed by atoms with van der Waals surface area (Å²) in [6, 6.07) is 0.949. The summed E-state index contributed by atoms with van der Waals surface area (Å²) < 4.78 is 0. The lowest BCUT2D eigenvalue weighted by atomic mass is 9.69. The molecule has 2 aliphatic heterocycles. The standard InChI is InChI=1S/C18H24N2O/c1-2-6-20-10-12(11-21)7-15-14-4-3-5-16-18(14)13(9-19-16)8-17(15)20/h3-5,7,9,12,16-19,21H,2,6,8,10-11H2,1H3/t12-,16?,17-,18?/m1/s1. The predicted molar refractivity (Wildman–Crippen MR) is 84.6 cm³/mol. The first-order valence-corrected chi connectivity index (χ1v) is 8.22. The van der Waals surface area contributed by atoms with Gasteiger partial charge in [0.05, 0.1) is 12.6 Å². The van der Waals surface area contributed by atoms with Crippen molar-refractivity contribution in [1.29, 1.82) is 0 Å². The van der Waals surface area contributed by atoms with Crippen LogP contribution in [-0.4, -0.2) is 41.8 Å². The molecule has 4 rings (SSSR count). The molecule has 2 aliphatic carbocycles. The summed E-state index contributed by atoms with van der Waals surface area (Å²) in [4.78, 5) is 2.58. The first kappa shape index (κ1) is 13.4. The van der Waals surface area contributed by atoms with Crippen LogP contribution in [-0.2, 0) is 0 Å². The molecular formula is C18H24N2O. The van der Waals surface area contributed by atoms with Gasteiger partial charge in [0.25, 0.3) is 0 Å². The highest BCUT2D eigenvalue weighted by Gasteiger charge is 2.44. The maximum Gasteiger partial charge on any atom is 0.0548 e. The van der Waals surface area contributed by atoms with Crippen LogP contribution in [0, 0.1) is 11.8 Å². The lowest BCUT2D eigenvalue weighted by Gasteiger charge is -2.46. The summed E-state index contributed by atoms with van der Waals surface area (Å²) in [5.41, 5.74) is 4.52. The van der Waals surface area contributed by atoms with Crippen molar-refractivity contribution in [3.8, 4) is 0 Å². The Bertz CT molecular complexity index is 558. The SMILES string of the molecule is CCCN1C[C@H](CO)C=C2C3=CC=CC4NC=C(C[C@H]21)C34. The molecule has 3 nitrogen and oxygen atoms in total. The summed E-state index contributed by atoms with van der Waals surface area (Å²) in [6.45, 7) is 4.62. The second kappa shape index (κ2) is 5.15. The van der Waals surface area contributed by atoms with Crippen molar-refractivity contribution < 1.29 is 5.11 Å². The molecule has 0 aromatic carbocycles. The molecule has 0 aromatic rings. The maximum atomic E-state index is 9.65. The first-order valence-electron chi connectivity index (χ1n) is 8.22. The molecule has 1 fully saturated rings. The fraction of sp³-hybridized carbons (Fsp3) is 0.556. The summed E-state index contributed by atoms with van der Waals surface area (Å²) in [5.74, 6) is 0.811. The number of aliphatic hydroxyl groups is 1. The van der Waals surface area contributed by atoms with E-state index in [1.807, 2.05) is 0 Å². The lowest BCUT2D eigenvalue weighted by Crippen LogP contribution is -2.48. The fourth-order valence-electron chi connectivity index (χ4n) is 4.46. The summed E-state index contributed by atoms with van der Waals surface area (Å²) in [7, 11) is 0. The number of nitrogens with one attached hydrogen (secondary N) is 1. The number of hydrogen-bond donors (Lipinski definition) is 2. The van der Waals surface area contributed by atoms with Crippen LogP contribution in [0.5, 0.6) is 0 Å². The van der Waals surface area contributed by atoms with Gasteiger partial charge in [-0.3, -0.25) is 4.90 Å². The van der Waals surface area contributed by atoms with E-state index in [1.165, 1.54) is 17.6 Å². The van der Waals surface area contributed by atoms with Crippen molar-refractivity contribution in [2.75, 3.05) is 19.7 Å². The fourth-order valence-corrected chi connectivity index (χ4v) is 4.46. The number of aliphatic hydroxyl groups excluding tert-OH is 1. The van der Waals surface area contributed by atoms with Crippen molar-refractivity contribution in [3.05, 3.63) is 47.2 Å². The first-order chi connectivity index (χ1) is 10.3. The van der Waals surface area contributed by atoms with Crippen LogP contribution in [0.1, 0.15) is 19.8 Å². The minimum absolute atomic E-state index is 0.259.